The Balaban J connectivity index is 1.84. The first kappa shape index (κ1) is 24.6. The fraction of sp³-hybridized carbons (Fsp3) is 0.586. The van der Waals surface area contributed by atoms with E-state index in [1.165, 1.54) is 54.5 Å². The zero-order valence-corrected chi connectivity index (χ0v) is 21.0. The molecular formula is C29H44N2O. The van der Waals surface area contributed by atoms with Crippen LogP contribution in [0.1, 0.15) is 81.9 Å². The molecule has 0 heterocycles. The highest BCUT2D eigenvalue weighted by atomic mass is 16.3. The number of nitrogens with zero attached hydrogens (tertiary/aromatic N) is 2. The first-order valence-corrected chi connectivity index (χ1v) is 12.7. The standard InChI is InChI=1S/C29H44N2O/c1-6-8-9-18-30(5)29(25-11-10-12-28(32)22-25)15-13-26(14-16-29)31(17-7-2)27-20-23(3)19-24(4)21-27/h10-12,19-22,26,32H,6-9,13-18H2,1-5H3. The second-order valence-corrected chi connectivity index (χ2v) is 9.98. The number of aryl methyl sites for hydroxylation is 2. The Morgan fingerprint density at radius 2 is 1.59 bits per heavy atom. The molecule has 1 N–H and O–H groups in total. The van der Waals surface area contributed by atoms with Crippen molar-refractivity contribution in [2.75, 3.05) is 25.0 Å². The lowest BCUT2D eigenvalue weighted by Crippen LogP contribution is -2.50. The third-order valence-corrected chi connectivity index (χ3v) is 7.44. The van der Waals surface area contributed by atoms with Crippen LogP contribution in [0, 0.1) is 13.8 Å². The molecule has 0 amide bonds. The molecular weight excluding hydrogens is 392 g/mol. The SMILES string of the molecule is CCCCCN(C)C1(c2cccc(O)c2)CCC(N(CCC)c2cc(C)cc(C)c2)CC1. The molecule has 1 saturated carbocycles. The van der Waals surface area contributed by atoms with Crippen LogP contribution in [0.3, 0.4) is 0 Å². The Morgan fingerprint density at radius 1 is 0.906 bits per heavy atom. The second kappa shape index (κ2) is 11.2. The number of hydrogen-bond donors (Lipinski definition) is 1. The number of aromatic hydroxyl groups is 1. The fourth-order valence-electron chi connectivity index (χ4n) is 5.77. The van der Waals surface area contributed by atoms with Crippen LogP contribution in [0.2, 0.25) is 0 Å². The molecule has 0 aromatic heterocycles. The van der Waals surface area contributed by atoms with Gasteiger partial charge in [0.1, 0.15) is 5.75 Å². The molecule has 176 valence electrons. The molecule has 0 saturated heterocycles. The first-order chi connectivity index (χ1) is 15.4. The maximum Gasteiger partial charge on any atom is 0.115 e. The quantitative estimate of drug-likeness (QED) is 0.399. The predicted octanol–water partition coefficient (Wildman–Crippen LogP) is 7.19. The number of phenolic OH excluding ortho intramolecular Hbond substituents is 1. The highest BCUT2D eigenvalue weighted by Gasteiger charge is 2.41. The van der Waals surface area contributed by atoms with Gasteiger partial charge in [-0.1, -0.05) is 44.9 Å². The van der Waals surface area contributed by atoms with Crippen molar-refractivity contribution < 1.29 is 5.11 Å². The predicted molar refractivity (Wildman–Crippen MR) is 138 cm³/mol. The van der Waals surface area contributed by atoms with Crippen LogP contribution < -0.4 is 4.90 Å². The van der Waals surface area contributed by atoms with Gasteiger partial charge in [-0.15, -0.1) is 0 Å². The van der Waals surface area contributed by atoms with E-state index in [0.29, 0.717) is 11.8 Å². The molecule has 2 aromatic rings. The number of unbranched alkanes of at least 4 members (excludes halogenated alkanes) is 2. The van der Waals surface area contributed by atoms with Crippen LogP contribution in [0.4, 0.5) is 5.69 Å². The maximum atomic E-state index is 10.2. The van der Waals surface area contributed by atoms with E-state index in [-0.39, 0.29) is 5.54 Å². The lowest BCUT2D eigenvalue weighted by Gasteiger charge is -2.49. The van der Waals surface area contributed by atoms with Crippen LogP contribution in [-0.2, 0) is 5.54 Å². The van der Waals surface area contributed by atoms with E-state index in [4.69, 9.17) is 0 Å². The minimum absolute atomic E-state index is 0.0172. The third kappa shape index (κ3) is 5.67. The molecule has 32 heavy (non-hydrogen) atoms. The van der Waals surface area contributed by atoms with Gasteiger partial charge in [-0.2, -0.15) is 0 Å². The van der Waals surface area contributed by atoms with E-state index >= 15 is 0 Å². The average Bonchev–Trinajstić information content (AvgIpc) is 2.77. The van der Waals surface area contributed by atoms with Crippen LogP contribution in [0.25, 0.3) is 0 Å². The van der Waals surface area contributed by atoms with Crippen LogP contribution in [-0.4, -0.2) is 36.2 Å². The third-order valence-electron chi connectivity index (χ3n) is 7.44. The summed E-state index contributed by atoms with van der Waals surface area (Å²) in [6.07, 6.45) is 9.56. The van der Waals surface area contributed by atoms with E-state index in [2.05, 4.69) is 68.8 Å². The number of rotatable bonds is 10. The number of anilines is 1. The Hall–Kier alpha value is -2.00. The molecule has 0 atom stereocenters. The van der Waals surface area contributed by atoms with Gasteiger partial charge in [0.2, 0.25) is 0 Å². The van der Waals surface area contributed by atoms with Gasteiger partial charge in [0, 0.05) is 23.8 Å². The van der Waals surface area contributed by atoms with Gasteiger partial charge in [-0.3, -0.25) is 4.90 Å². The minimum atomic E-state index is 0.0172. The van der Waals surface area contributed by atoms with E-state index < -0.39 is 0 Å². The zero-order chi connectivity index (χ0) is 23.1. The minimum Gasteiger partial charge on any atom is -0.508 e. The Bertz CT molecular complexity index is 834. The van der Waals surface area contributed by atoms with Gasteiger partial charge >= 0.3 is 0 Å². The second-order valence-electron chi connectivity index (χ2n) is 9.98. The number of phenols is 1. The van der Waals surface area contributed by atoms with Crippen molar-refractivity contribution in [1.82, 2.24) is 4.90 Å². The Morgan fingerprint density at radius 3 is 2.19 bits per heavy atom. The molecule has 3 nitrogen and oxygen atoms in total. The molecule has 0 unspecified atom stereocenters. The van der Waals surface area contributed by atoms with Crippen molar-refractivity contribution in [3.63, 3.8) is 0 Å². The molecule has 0 radical (unpaired) electrons. The van der Waals surface area contributed by atoms with Crippen molar-refractivity contribution in [2.45, 2.75) is 90.6 Å². The summed E-state index contributed by atoms with van der Waals surface area (Å²) in [6, 6.07) is 15.6. The summed E-state index contributed by atoms with van der Waals surface area (Å²) in [4.78, 5) is 5.26. The topological polar surface area (TPSA) is 26.7 Å². The van der Waals surface area contributed by atoms with Gasteiger partial charge in [-0.25, -0.2) is 0 Å². The molecule has 1 aliphatic rings. The van der Waals surface area contributed by atoms with Crippen LogP contribution in [0.15, 0.2) is 42.5 Å². The zero-order valence-electron chi connectivity index (χ0n) is 21.0. The maximum absolute atomic E-state index is 10.2. The monoisotopic (exact) mass is 436 g/mol. The van der Waals surface area contributed by atoms with Crippen LogP contribution >= 0.6 is 0 Å². The van der Waals surface area contributed by atoms with Gasteiger partial charge < -0.3 is 10.0 Å². The molecule has 3 rings (SSSR count). The highest BCUT2D eigenvalue weighted by molar-refractivity contribution is 5.52. The Kier molecular flexibility index (Phi) is 8.64. The summed E-state index contributed by atoms with van der Waals surface area (Å²) >= 11 is 0. The summed E-state index contributed by atoms with van der Waals surface area (Å²) < 4.78 is 0. The summed E-state index contributed by atoms with van der Waals surface area (Å²) in [5, 5.41) is 10.2. The van der Waals surface area contributed by atoms with Gasteiger partial charge in [-0.05, 0) is 107 Å². The van der Waals surface area contributed by atoms with Crippen molar-refractivity contribution in [3.05, 3.63) is 59.2 Å². The van der Waals surface area contributed by atoms with Crippen molar-refractivity contribution in [2.24, 2.45) is 0 Å². The summed E-state index contributed by atoms with van der Waals surface area (Å²) in [7, 11) is 2.30. The smallest absolute Gasteiger partial charge is 0.115 e. The van der Waals surface area contributed by atoms with E-state index in [9.17, 15) is 5.11 Å². The molecule has 0 aliphatic heterocycles. The van der Waals surface area contributed by atoms with Gasteiger partial charge in [0.25, 0.3) is 0 Å². The first-order valence-electron chi connectivity index (χ1n) is 12.7. The van der Waals surface area contributed by atoms with Gasteiger partial charge in [0.05, 0.1) is 0 Å². The molecule has 1 fully saturated rings. The summed E-state index contributed by atoms with van der Waals surface area (Å²) in [5.74, 6) is 0.383. The number of hydrogen-bond acceptors (Lipinski definition) is 3. The number of benzene rings is 2. The lowest BCUT2D eigenvalue weighted by atomic mass is 9.73. The summed E-state index contributed by atoms with van der Waals surface area (Å²) in [5.41, 5.74) is 5.38. The van der Waals surface area contributed by atoms with Crippen molar-refractivity contribution in [3.8, 4) is 5.75 Å². The van der Waals surface area contributed by atoms with Gasteiger partial charge in [0.15, 0.2) is 0 Å². The summed E-state index contributed by atoms with van der Waals surface area (Å²) in [6.45, 7) is 11.2. The normalized spacial score (nSPS) is 21.1. The molecule has 1 aliphatic carbocycles. The van der Waals surface area contributed by atoms with E-state index in [0.717, 1.165) is 32.4 Å². The average molecular weight is 437 g/mol. The van der Waals surface area contributed by atoms with E-state index in [1.54, 1.807) is 6.07 Å². The van der Waals surface area contributed by atoms with E-state index in [1.807, 2.05) is 12.1 Å². The highest BCUT2D eigenvalue weighted by Crippen LogP contribution is 2.44. The van der Waals surface area contributed by atoms with Crippen molar-refractivity contribution >= 4 is 5.69 Å². The van der Waals surface area contributed by atoms with Crippen molar-refractivity contribution in [1.29, 1.82) is 0 Å². The lowest BCUT2D eigenvalue weighted by molar-refractivity contribution is 0.0638. The van der Waals surface area contributed by atoms with Crippen LogP contribution in [0.5, 0.6) is 5.75 Å². The molecule has 3 heteroatoms. The molecule has 2 aromatic carbocycles. The largest absolute Gasteiger partial charge is 0.508 e. The fourth-order valence-corrected chi connectivity index (χ4v) is 5.77. The molecule has 0 spiro atoms. The Labute approximate surface area is 196 Å². The molecule has 0 bridgehead atoms.